The summed E-state index contributed by atoms with van der Waals surface area (Å²) in [5.41, 5.74) is 10.2. The highest BCUT2D eigenvalue weighted by Crippen LogP contribution is 2.33. The average Bonchev–Trinajstić information content (AvgIpc) is 2.42. The molecular formula is C18H30N2. The van der Waals surface area contributed by atoms with Crippen molar-refractivity contribution < 1.29 is 0 Å². The molecule has 0 radical (unpaired) electrons. The van der Waals surface area contributed by atoms with E-state index in [1.54, 1.807) is 0 Å². The maximum atomic E-state index is 6.12. The molecule has 20 heavy (non-hydrogen) atoms. The van der Waals surface area contributed by atoms with Gasteiger partial charge in [0, 0.05) is 18.6 Å². The average molecular weight is 274 g/mol. The predicted octanol–water partition coefficient (Wildman–Crippen LogP) is 3.81. The Hall–Kier alpha value is -0.860. The van der Waals surface area contributed by atoms with Crippen molar-refractivity contribution >= 4 is 0 Å². The van der Waals surface area contributed by atoms with Gasteiger partial charge in [-0.15, -0.1) is 0 Å². The van der Waals surface area contributed by atoms with Gasteiger partial charge in [0.1, 0.15) is 0 Å². The Morgan fingerprint density at radius 1 is 1.25 bits per heavy atom. The molecule has 2 nitrogen and oxygen atoms in total. The first kappa shape index (κ1) is 15.5. The standard InChI is InChI=1S/C18H30N2/c1-13-9-10-16(15(3)11-13)18(12-19)20(4)17-8-6-5-7-14(17)2/h9-11,14,17-18H,5-8,12,19H2,1-4H3. The summed E-state index contributed by atoms with van der Waals surface area (Å²) >= 11 is 0. The van der Waals surface area contributed by atoms with E-state index in [-0.39, 0.29) is 0 Å². The van der Waals surface area contributed by atoms with E-state index in [1.165, 1.54) is 42.4 Å². The third-order valence-electron chi connectivity index (χ3n) is 5.09. The Labute approximate surface area is 124 Å². The van der Waals surface area contributed by atoms with E-state index in [4.69, 9.17) is 5.73 Å². The first-order valence-corrected chi connectivity index (χ1v) is 8.03. The van der Waals surface area contributed by atoms with Crippen LogP contribution in [0.1, 0.15) is 55.3 Å². The van der Waals surface area contributed by atoms with Gasteiger partial charge in [0.15, 0.2) is 0 Å². The Morgan fingerprint density at radius 3 is 2.55 bits per heavy atom. The molecule has 0 aliphatic heterocycles. The van der Waals surface area contributed by atoms with Crippen molar-refractivity contribution in [1.29, 1.82) is 0 Å². The quantitative estimate of drug-likeness (QED) is 0.904. The minimum Gasteiger partial charge on any atom is -0.329 e. The zero-order valence-electron chi connectivity index (χ0n) is 13.5. The van der Waals surface area contributed by atoms with E-state index in [2.05, 4.69) is 50.9 Å². The van der Waals surface area contributed by atoms with Crippen LogP contribution in [0.5, 0.6) is 0 Å². The molecule has 3 unspecified atom stereocenters. The minimum atomic E-state index is 0.348. The van der Waals surface area contributed by atoms with Crippen molar-refractivity contribution in [3.63, 3.8) is 0 Å². The van der Waals surface area contributed by atoms with Gasteiger partial charge in [0.05, 0.1) is 0 Å². The smallest absolute Gasteiger partial charge is 0.0473 e. The van der Waals surface area contributed by atoms with Crippen LogP contribution >= 0.6 is 0 Å². The van der Waals surface area contributed by atoms with Gasteiger partial charge in [-0.05, 0) is 50.8 Å². The molecule has 3 atom stereocenters. The number of rotatable bonds is 4. The van der Waals surface area contributed by atoms with Gasteiger partial charge in [-0.2, -0.15) is 0 Å². The molecule has 0 saturated heterocycles. The van der Waals surface area contributed by atoms with E-state index in [1.807, 2.05) is 0 Å². The highest BCUT2D eigenvalue weighted by Gasteiger charge is 2.29. The number of aryl methyl sites for hydroxylation is 2. The first-order valence-electron chi connectivity index (χ1n) is 8.03. The zero-order valence-corrected chi connectivity index (χ0v) is 13.5. The molecule has 0 amide bonds. The van der Waals surface area contributed by atoms with Crippen LogP contribution in [0.3, 0.4) is 0 Å². The third-order valence-corrected chi connectivity index (χ3v) is 5.09. The molecule has 0 bridgehead atoms. The van der Waals surface area contributed by atoms with Crippen LogP contribution in [-0.4, -0.2) is 24.5 Å². The van der Waals surface area contributed by atoms with Crippen molar-refractivity contribution in [3.8, 4) is 0 Å². The first-order chi connectivity index (χ1) is 9.54. The molecule has 2 heteroatoms. The third kappa shape index (κ3) is 3.24. The molecule has 2 rings (SSSR count). The summed E-state index contributed by atoms with van der Waals surface area (Å²) in [5, 5.41) is 0. The predicted molar refractivity (Wildman–Crippen MR) is 86.9 cm³/mol. The molecule has 0 heterocycles. The largest absolute Gasteiger partial charge is 0.329 e. The van der Waals surface area contributed by atoms with Crippen molar-refractivity contribution in [2.45, 2.75) is 58.5 Å². The van der Waals surface area contributed by atoms with E-state index < -0.39 is 0 Å². The minimum absolute atomic E-state index is 0.348. The maximum absolute atomic E-state index is 6.12. The van der Waals surface area contributed by atoms with Crippen LogP contribution in [0.25, 0.3) is 0 Å². The van der Waals surface area contributed by atoms with Crippen LogP contribution in [0.2, 0.25) is 0 Å². The van der Waals surface area contributed by atoms with E-state index in [0.29, 0.717) is 18.6 Å². The van der Waals surface area contributed by atoms with Crippen molar-refractivity contribution in [1.82, 2.24) is 4.90 Å². The molecule has 0 aromatic heterocycles. The normalized spacial score (nSPS) is 24.9. The fourth-order valence-electron chi connectivity index (χ4n) is 3.84. The molecule has 1 aliphatic carbocycles. The van der Waals surface area contributed by atoms with E-state index >= 15 is 0 Å². The highest BCUT2D eigenvalue weighted by molar-refractivity contribution is 5.33. The lowest BCUT2D eigenvalue weighted by Crippen LogP contribution is -2.43. The summed E-state index contributed by atoms with van der Waals surface area (Å²) in [6.45, 7) is 7.46. The number of nitrogens with two attached hydrogens (primary N) is 1. The van der Waals surface area contributed by atoms with Crippen molar-refractivity contribution in [2.24, 2.45) is 11.7 Å². The molecule has 0 spiro atoms. The van der Waals surface area contributed by atoms with E-state index in [0.717, 1.165) is 5.92 Å². The van der Waals surface area contributed by atoms with Crippen LogP contribution < -0.4 is 5.73 Å². The Morgan fingerprint density at radius 2 is 1.95 bits per heavy atom. The van der Waals surface area contributed by atoms with Crippen LogP contribution in [-0.2, 0) is 0 Å². The summed E-state index contributed by atoms with van der Waals surface area (Å²) in [7, 11) is 2.27. The second-order valence-corrected chi connectivity index (χ2v) is 6.61. The molecule has 1 aromatic rings. The number of hydrogen-bond donors (Lipinski definition) is 1. The van der Waals surface area contributed by atoms with Gasteiger partial charge >= 0.3 is 0 Å². The summed E-state index contributed by atoms with van der Waals surface area (Å²) < 4.78 is 0. The Bertz CT molecular complexity index is 441. The number of likely N-dealkylation sites (N-methyl/N-ethyl adjacent to an activating group) is 1. The second kappa shape index (κ2) is 6.73. The zero-order chi connectivity index (χ0) is 14.7. The van der Waals surface area contributed by atoms with Crippen molar-refractivity contribution in [2.75, 3.05) is 13.6 Å². The molecular weight excluding hydrogens is 244 g/mol. The lowest BCUT2D eigenvalue weighted by molar-refractivity contribution is 0.0989. The second-order valence-electron chi connectivity index (χ2n) is 6.61. The maximum Gasteiger partial charge on any atom is 0.0473 e. The molecule has 1 fully saturated rings. The van der Waals surface area contributed by atoms with Crippen LogP contribution in [0.4, 0.5) is 0 Å². The van der Waals surface area contributed by atoms with Gasteiger partial charge in [0.2, 0.25) is 0 Å². The SMILES string of the molecule is Cc1ccc(C(CN)N(C)C2CCCCC2C)c(C)c1. The summed E-state index contributed by atoms with van der Waals surface area (Å²) in [6.07, 6.45) is 5.43. The summed E-state index contributed by atoms with van der Waals surface area (Å²) in [4.78, 5) is 2.54. The molecule has 1 aliphatic rings. The Kier molecular flexibility index (Phi) is 5.22. The van der Waals surface area contributed by atoms with Gasteiger partial charge in [-0.1, -0.05) is 43.5 Å². The molecule has 1 saturated carbocycles. The Balaban J connectivity index is 2.22. The molecule has 112 valence electrons. The van der Waals surface area contributed by atoms with Crippen LogP contribution in [0.15, 0.2) is 18.2 Å². The fraction of sp³-hybridized carbons (Fsp3) is 0.667. The number of hydrogen-bond acceptors (Lipinski definition) is 2. The van der Waals surface area contributed by atoms with Gasteiger partial charge in [-0.25, -0.2) is 0 Å². The van der Waals surface area contributed by atoms with Crippen LogP contribution in [0, 0.1) is 19.8 Å². The topological polar surface area (TPSA) is 29.3 Å². The van der Waals surface area contributed by atoms with Gasteiger partial charge in [0.25, 0.3) is 0 Å². The summed E-state index contributed by atoms with van der Waals surface area (Å²) in [6, 6.07) is 7.78. The number of benzene rings is 1. The fourth-order valence-corrected chi connectivity index (χ4v) is 3.84. The monoisotopic (exact) mass is 274 g/mol. The van der Waals surface area contributed by atoms with Gasteiger partial charge < -0.3 is 5.73 Å². The lowest BCUT2D eigenvalue weighted by atomic mass is 9.83. The van der Waals surface area contributed by atoms with Crippen molar-refractivity contribution in [3.05, 3.63) is 34.9 Å². The van der Waals surface area contributed by atoms with E-state index in [9.17, 15) is 0 Å². The van der Waals surface area contributed by atoms with Gasteiger partial charge in [-0.3, -0.25) is 4.90 Å². The summed E-state index contributed by atoms with van der Waals surface area (Å²) in [5.74, 6) is 0.786. The number of nitrogens with zero attached hydrogens (tertiary/aromatic N) is 1. The molecule has 2 N–H and O–H groups in total. The molecule has 1 aromatic carbocycles. The highest BCUT2D eigenvalue weighted by atomic mass is 15.2. The lowest BCUT2D eigenvalue weighted by Gasteiger charge is -2.41.